The molecule has 6 nitrogen and oxygen atoms in total. The summed E-state index contributed by atoms with van der Waals surface area (Å²) < 4.78 is 0. The van der Waals surface area contributed by atoms with Gasteiger partial charge in [-0.2, -0.15) is 0 Å². The third-order valence-electron chi connectivity index (χ3n) is 3.36. The Balaban J connectivity index is 2.08. The van der Waals surface area contributed by atoms with Gasteiger partial charge in [0.15, 0.2) is 0 Å². The van der Waals surface area contributed by atoms with Crippen molar-refractivity contribution in [3.63, 3.8) is 0 Å². The zero-order valence-electron chi connectivity index (χ0n) is 10.5. The zero-order valence-corrected chi connectivity index (χ0v) is 10.5. The standard InChI is InChI=1S/C12H18N2O4/c1-2-5-13(7-11(16)17)9-6-10(15)14(12(9)18)8-3-4-8/h8-9H,2-7H2,1H3,(H,16,17). The molecule has 0 aromatic heterocycles. The average molecular weight is 254 g/mol. The molecule has 1 aliphatic carbocycles. The van der Waals surface area contributed by atoms with Crippen molar-refractivity contribution in [3.05, 3.63) is 0 Å². The van der Waals surface area contributed by atoms with Crippen LogP contribution >= 0.6 is 0 Å². The van der Waals surface area contributed by atoms with E-state index >= 15 is 0 Å². The maximum atomic E-state index is 12.2. The molecule has 0 bridgehead atoms. The summed E-state index contributed by atoms with van der Waals surface area (Å²) in [4.78, 5) is 37.7. The van der Waals surface area contributed by atoms with Crippen molar-refractivity contribution in [2.24, 2.45) is 0 Å². The Morgan fingerprint density at radius 2 is 2.11 bits per heavy atom. The molecule has 2 amide bonds. The summed E-state index contributed by atoms with van der Waals surface area (Å²) in [6, 6.07) is -0.502. The number of carboxylic acids is 1. The highest BCUT2D eigenvalue weighted by Gasteiger charge is 2.48. The van der Waals surface area contributed by atoms with Crippen LogP contribution in [0.3, 0.4) is 0 Å². The lowest BCUT2D eigenvalue weighted by Crippen LogP contribution is -2.45. The lowest BCUT2D eigenvalue weighted by molar-refractivity contribution is -0.141. The molecule has 0 aromatic carbocycles. The van der Waals surface area contributed by atoms with Gasteiger partial charge < -0.3 is 5.11 Å². The Labute approximate surface area is 106 Å². The molecule has 18 heavy (non-hydrogen) atoms. The van der Waals surface area contributed by atoms with E-state index in [0.29, 0.717) is 6.54 Å². The summed E-state index contributed by atoms with van der Waals surface area (Å²) in [5.41, 5.74) is 0. The second kappa shape index (κ2) is 5.06. The predicted octanol–water partition coefficient (Wildman–Crippen LogP) is 0.0729. The minimum atomic E-state index is -0.964. The van der Waals surface area contributed by atoms with Crippen LogP contribution < -0.4 is 0 Å². The quantitative estimate of drug-likeness (QED) is 0.679. The van der Waals surface area contributed by atoms with E-state index in [9.17, 15) is 14.4 Å². The molecule has 0 spiro atoms. The minimum Gasteiger partial charge on any atom is -0.480 e. The van der Waals surface area contributed by atoms with Gasteiger partial charge in [0.2, 0.25) is 11.8 Å². The first-order valence-corrected chi connectivity index (χ1v) is 6.36. The van der Waals surface area contributed by atoms with E-state index in [0.717, 1.165) is 19.3 Å². The van der Waals surface area contributed by atoms with Crippen LogP contribution in [0, 0.1) is 0 Å². The maximum Gasteiger partial charge on any atom is 0.317 e. The Kier molecular flexibility index (Phi) is 3.65. The van der Waals surface area contributed by atoms with E-state index in [2.05, 4.69) is 0 Å². The SMILES string of the molecule is CCCN(CC(=O)O)C1CC(=O)N(C2CC2)C1=O. The van der Waals surface area contributed by atoms with E-state index < -0.39 is 12.0 Å². The number of carbonyl (C=O) groups is 3. The third kappa shape index (κ3) is 2.53. The molecular weight excluding hydrogens is 236 g/mol. The highest BCUT2D eigenvalue weighted by Crippen LogP contribution is 2.32. The summed E-state index contributed by atoms with van der Waals surface area (Å²) in [5.74, 6) is -1.33. The summed E-state index contributed by atoms with van der Waals surface area (Å²) in [5, 5.41) is 8.86. The van der Waals surface area contributed by atoms with Crippen LogP contribution in [0.5, 0.6) is 0 Å². The first-order chi connectivity index (χ1) is 8.54. The van der Waals surface area contributed by atoms with Crippen molar-refractivity contribution in [1.29, 1.82) is 0 Å². The summed E-state index contributed by atoms with van der Waals surface area (Å²) in [6.45, 7) is 2.26. The third-order valence-corrected chi connectivity index (χ3v) is 3.36. The number of nitrogens with zero attached hydrogens (tertiary/aromatic N) is 2. The van der Waals surface area contributed by atoms with Gasteiger partial charge in [-0.3, -0.25) is 24.2 Å². The van der Waals surface area contributed by atoms with Crippen LogP contribution in [0.15, 0.2) is 0 Å². The largest absolute Gasteiger partial charge is 0.480 e. The second-order valence-electron chi connectivity index (χ2n) is 4.92. The van der Waals surface area contributed by atoms with Crippen LogP contribution in [0.25, 0.3) is 0 Å². The summed E-state index contributed by atoms with van der Waals surface area (Å²) >= 11 is 0. The molecule has 2 rings (SSSR count). The van der Waals surface area contributed by atoms with Gasteiger partial charge >= 0.3 is 5.97 Å². The normalized spacial score (nSPS) is 24.1. The molecule has 1 N–H and O–H groups in total. The van der Waals surface area contributed by atoms with Crippen molar-refractivity contribution >= 4 is 17.8 Å². The molecule has 2 fully saturated rings. The van der Waals surface area contributed by atoms with Crippen LogP contribution in [0.1, 0.15) is 32.6 Å². The molecule has 2 aliphatic rings. The Hall–Kier alpha value is -1.43. The van der Waals surface area contributed by atoms with Crippen molar-refractivity contribution in [1.82, 2.24) is 9.80 Å². The van der Waals surface area contributed by atoms with Crippen molar-refractivity contribution in [3.8, 4) is 0 Å². The zero-order chi connectivity index (χ0) is 13.3. The fraction of sp³-hybridized carbons (Fsp3) is 0.750. The van der Waals surface area contributed by atoms with Crippen molar-refractivity contribution in [2.75, 3.05) is 13.1 Å². The maximum absolute atomic E-state index is 12.2. The first-order valence-electron chi connectivity index (χ1n) is 6.36. The van der Waals surface area contributed by atoms with Gasteiger partial charge in [0.05, 0.1) is 19.0 Å². The Bertz CT molecular complexity index is 378. The Morgan fingerprint density at radius 3 is 2.61 bits per heavy atom. The van der Waals surface area contributed by atoms with Gasteiger partial charge in [-0.1, -0.05) is 6.92 Å². The highest BCUT2D eigenvalue weighted by atomic mass is 16.4. The molecule has 1 aliphatic heterocycles. The van der Waals surface area contributed by atoms with Crippen LogP contribution in [0.2, 0.25) is 0 Å². The van der Waals surface area contributed by atoms with Crippen molar-refractivity contribution < 1.29 is 19.5 Å². The number of aliphatic carboxylic acids is 1. The number of hydrogen-bond acceptors (Lipinski definition) is 4. The Morgan fingerprint density at radius 1 is 1.44 bits per heavy atom. The van der Waals surface area contributed by atoms with E-state index in [1.165, 1.54) is 4.90 Å². The fourth-order valence-corrected chi connectivity index (χ4v) is 2.44. The molecule has 1 saturated carbocycles. The fourth-order valence-electron chi connectivity index (χ4n) is 2.44. The monoisotopic (exact) mass is 254 g/mol. The molecule has 1 saturated heterocycles. The summed E-state index contributed by atoms with van der Waals surface area (Å²) in [6.07, 6.45) is 2.66. The smallest absolute Gasteiger partial charge is 0.317 e. The first kappa shape index (κ1) is 13.0. The van der Waals surface area contributed by atoms with Gasteiger partial charge in [0, 0.05) is 6.04 Å². The number of likely N-dealkylation sites (tertiary alicyclic amines) is 1. The second-order valence-corrected chi connectivity index (χ2v) is 4.92. The van der Waals surface area contributed by atoms with Gasteiger partial charge in [-0.05, 0) is 25.8 Å². The molecule has 1 heterocycles. The number of hydrogen-bond donors (Lipinski definition) is 1. The highest BCUT2D eigenvalue weighted by molar-refractivity contribution is 6.06. The molecule has 1 unspecified atom stereocenters. The molecule has 6 heteroatoms. The molecule has 0 radical (unpaired) electrons. The topological polar surface area (TPSA) is 77.9 Å². The predicted molar refractivity (Wildman–Crippen MR) is 62.8 cm³/mol. The lowest BCUT2D eigenvalue weighted by atomic mass is 10.2. The van der Waals surface area contributed by atoms with E-state index in [1.54, 1.807) is 4.90 Å². The summed E-state index contributed by atoms with van der Waals surface area (Å²) in [7, 11) is 0. The molecule has 100 valence electrons. The average Bonchev–Trinajstić information content (AvgIpc) is 3.05. The minimum absolute atomic E-state index is 0.0725. The number of carbonyl (C=O) groups excluding carboxylic acids is 2. The van der Waals surface area contributed by atoms with Crippen LogP contribution in [-0.4, -0.2) is 57.9 Å². The number of amides is 2. The lowest BCUT2D eigenvalue weighted by Gasteiger charge is -2.25. The van der Waals surface area contributed by atoms with Gasteiger partial charge in [0.25, 0.3) is 0 Å². The van der Waals surface area contributed by atoms with Crippen molar-refractivity contribution in [2.45, 2.75) is 44.7 Å². The van der Waals surface area contributed by atoms with Crippen LogP contribution in [-0.2, 0) is 14.4 Å². The van der Waals surface area contributed by atoms with Crippen LogP contribution in [0.4, 0.5) is 0 Å². The number of imide groups is 1. The molecule has 0 aromatic rings. The number of rotatable bonds is 6. The van der Waals surface area contributed by atoms with E-state index in [4.69, 9.17) is 5.11 Å². The molecular formula is C12H18N2O4. The number of carboxylic acid groups (broad SMARTS) is 1. The van der Waals surface area contributed by atoms with E-state index in [-0.39, 0.29) is 30.8 Å². The van der Waals surface area contributed by atoms with Gasteiger partial charge in [-0.15, -0.1) is 0 Å². The van der Waals surface area contributed by atoms with E-state index in [1.807, 2.05) is 6.92 Å². The van der Waals surface area contributed by atoms with Gasteiger partial charge in [-0.25, -0.2) is 0 Å². The van der Waals surface area contributed by atoms with Gasteiger partial charge in [0.1, 0.15) is 0 Å². The molecule has 1 atom stereocenters.